The van der Waals surface area contributed by atoms with Gasteiger partial charge in [0.05, 0.1) is 12.1 Å². The van der Waals surface area contributed by atoms with E-state index in [2.05, 4.69) is 21.2 Å². The summed E-state index contributed by atoms with van der Waals surface area (Å²) >= 11 is 9.39. The van der Waals surface area contributed by atoms with Gasteiger partial charge in [0.25, 0.3) is 0 Å². The van der Waals surface area contributed by atoms with Crippen LogP contribution >= 0.6 is 27.5 Å². The molecule has 0 atom stereocenters. The highest BCUT2D eigenvalue weighted by Crippen LogP contribution is 2.41. The monoisotopic (exact) mass is 369 g/mol. The van der Waals surface area contributed by atoms with Crippen LogP contribution in [0.2, 0.25) is 5.02 Å². The fraction of sp³-hybridized carbons (Fsp3) is 0.200. The topological polar surface area (TPSA) is 39.7 Å². The molecule has 0 radical (unpaired) electrons. The van der Waals surface area contributed by atoms with Crippen LogP contribution in [0.25, 0.3) is 0 Å². The Kier molecular flexibility index (Phi) is 4.12. The first kappa shape index (κ1) is 14.4. The molecule has 0 saturated carbocycles. The number of benzene rings is 2. The van der Waals surface area contributed by atoms with Gasteiger partial charge in [0, 0.05) is 16.7 Å². The van der Waals surface area contributed by atoms with Gasteiger partial charge in [-0.15, -0.1) is 0 Å². The van der Waals surface area contributed by atoms with Gasteiger partial charge in [0.1, 0.15) is 0 Å². The predicted octanol–water partition coefficient (Wildman–Crippen LogP) is 4.45. The van der Waals surface area contributed by atoms with Gasteiger partial charge in [-0.1, -0.05) is 11.6 Å². The van der Waals surface area contributed by atoms with Crippen molar-refractivity contribution in [1.82, 2.24) is 0 Å². The number of methoxy groups -OCH3 is 1. The SMILES string of the molecule is COc1cc(CNc2ccc(Cl)c(Br)c2)cc2c1OCO2. The fourth-order valence-corrected chi connectivity index (χ4v) is 2.59. The van der Waals surface area contributed by atoms with Crippen molar-refractivity contribution in [2.24, 2.45) is 0 Å². The Morgan fingerprint density at radius 3 is 2.90 bits per heavy atom. The highest BCUT2D eigenvalue weighted by Gasteiger charge is 2.19. The molecule has 1 N–H and O–H groups in total. The van der Waals surface area contributed by atoms with Gasteiger partial charge in [-0.3, -0.25) is 0 Å². The lowest BCUT2D eigenvalue weighted by molar-refractivity contribution is 0.171. The maximum Gasteiger partial charge on any atom is 0.231 e. The van der Waals surface area contributed by atoms with Crippen LogP contribution < -0.4 is 19.5 Å². The molecule has 1 heterocycles. The van der Waals surface area contributed by atoms with Crippen LogP contribution in [0.1, 0.15) is 5.56 Å². The summed E-state index contributed by atoms with van der Waals surface area (Å²) in [5.41, 5.74) is 2.02. The molecule has 0 bridgehead atoms. The number of fused-ring (bicyclic) bond motifs is 1. The zero-order chi connectivity index (χ0) is 14.8. The molecule has 0 aromatic heterocycles. The minimum atomic E-state index is 0.229. The summed E-state index contributed by atoms with van der Waals surface area (Å²) in [6.45, 7) is 0.869. The van der Waals surface area contributed by atoms with Crippen molar-refractivity contribution in [3.8, 4) is 17.2 Å². The van der Waals surface area contributed by atoms with E-state index in [4.69, 9.17) is 25.8 Å². The molecule has 2 aromatic rings. The highest BCUT2D eigenvalue weighted by molar-refractivity contribution is 9.10. The highest BCUT2D eigenvalue weighted by atomic mass is 79.9. The van der Waals surface area contributed by atoms with E-state index in [1.807, 2.05) is 30.3 Å². The summed E-state index contributed by atoms with van der Waals surface area (Å²) in [6, 6.07) is 9.59. The molecule has 3 rings (SSSR count). The Bertz CT molecular complexity index is 678. The first-order valence-corrected chi connectivity index (χ1v) is 7.50. The van der Waals surface area contributed by atoms with E-state index in [1.165, 1.54) is 0 Å². The molecule has 0 unspecified atom stereocenters. The zero-order valence-electron chi connectivity index (χ0n) is 11.3. The van der Waals surface area contributed by atoms with Gasteiger partial charge in [-0.2, -0.15) is 0 Å². The van der Waals surface area contributed by atoms with Gasteiger partial charge in [0.2, 0.25) is 12.5 Å². The van der Waals surface area contributed by atoms with E-state index in [1.54, 1.807) is 7.11 Å². The Morgan fingerprint density at radius 2 is 2.14 bits per heavy atom. The molecular formula is C15H13BrClNO3. The van der Waals surface area contributed by atoms with E-state index in [9.17, 15) is 0 Å². The summed E-state index contributed by atoms with van der Waals surface area (Å²) < 4.78 is 17.0. The number of anilines is 1. The average molecular weight is 371 g/mol. The average Bonchev–Trinajstić information content (AvgIpc) is 2.96. The van der Waals surface area contributed by atoms with Crippen molar-refractivity contribution >= 4 is 33.2 Å². The summed E-state index contributed by atoms with van der Waals surface area (Å²) in [6.07, 6.45) is 0. The summed E-state index contributed by atoms with van der Waals surface area (Å²) in [5.74, 6) is 2.05. The molecule has 1 aliphatic rings. The van der Waals surface area contributed by atoms with Crippen molar-refractivity contribution < 1.29 is 14.2 Å². The van der Waals surface area contributed by atoms with Gasteiger partial charge >= 0.3 is 0 Å². The third-order valence-electron chi connectivity index (χ3n) is 3.13. The number of halogens is 2. The molecule has 0 aliphatic carbocycles. The third-order valence-corrected chi connectivity index (χ3v) is 4.35. The van der Waals surface area contributed by atoms with Crippen molar-refractivity contribution in [2.45, 2.75) is 6.54 Å². The lowest BCUT2D eigenvalue weighted by Gasteiger charge is -2.10. The van der Waals surface area contributed by atoms with E-state index in [0.29, 0.717) is 28.8 Å². The fourth-order valence-electron chi connectivity index (χ4n) is 2.10. The van der Waals surface area contributed by atoms with Crippen LogP contribution in [0.3, 0.4) is 0 Å². The smallest absolute Gasteiger partial charge is 0.231 e. The summed E-state index contributed by atoms with van der Waals surface area (Å²) in [7, 11) is 1.62. The number of nitrogens with one attached hydrogen (secondary N) is 1. The Morgan fingerprint density at radius 1 is 1.29 bits per heavy atom. The first-order chi connectivity index (χ1) is 10.2. The van der Waals surface area contributed by atoms with Crippen LogP contribution in [0, 0.1) is 0 Å². The second-order valence-electron chi connectivity index (χ2n) is 4.51. The van der Waals surface area contributed by atoms with Crippen molar-refractivity contribution in [1.29, 1.82) is 0 Å². The Hall–Kier alpha value is -1.59. The molecular weight excluding hydrogens is 358 g/mol. The Labute approximate surface area is 136 Å². The molecule has 2 aromatic carbocycles. The van der Waals surface area contributed by atoms with Crippen molar-refractivity contribution in [2.75, 3.05) is 19.2 Å². The van der Waals surface area contributed by atoms with Gasteiger partial charge in [-0.05, 0) is 51.8 Å². The van der Waals surface area contributed by atoms with Crippen LogP contribution in [0.15, 0.2) is 34.8 Å². The quantitative estimate of drug-likeness (QED) is 0.863. The lowest BCUT2D eigenvalue weighted by atomic mass is 10.1. The van der Waals surface area contributed by atoms with E-state index >= 15 is 0 Å². The van der Waals surface area contributed by atoms with Crippen LogP contribution in [0.4, 0.5) is 5.69 Å². The number of hydrogen-bond donors (Lipinski definition) is 1. The molecule has 0 fully saturated rings. The number of rotatable bonds is 4. The maximum absolute atomic E-state index is 5.98. The third kappa shape index (κ3) is 3.04. The summed E-state index contributed by atoms with van der Waals surface area (Å²) in [5, 5.41) is 4.02. The normalized spacial score (nSPS) is 12.3. The van der Waals surface area contributed by atoms with Crippen LogP contribution in [-0.2, 0) is 6.54 Å². The van der Waals surface area contributed by atoms with Crippen molar-refractivity contribution in [3.05, 3.63) is 45.4 Å². The molecule has 6 heteroatoms. The second kappa shape index (κ2) is 6.03. The Balaban J connectivity index is 1.77. The molecule has 4 nitrogen and oxygen atoms in total. The zero-order valence-corrected chi connectivity index (χ0v) is 13.6. The molecule has 0 spiro atoms. The first-order valence-electron chi connectivity index (χ1n) is 6.33. The van der Waals surface area contributed by atoms with E-state index < -0.39 is 0 Å². The standard InChI is InChI=1S/C15H13BrClNO3/c1-19-13-4-9(5-14-15(13)21-8-20-14)7-18-10-2-3-12(17)11(16)6-10/h2-6,18H,7-8H2,1H3. The largest absolute Gasteiger partial charge is 0.493 e. The molecule has 0 saturated heterocycles. The maximum atomic E-state index is 5.98. The van der Waals surface area contributed by atoms with Gasteiger partial charge < -0.3 is 19.5 Å². The minimum Gasteiger partial charge on any atom is -0.493 e. The molecule has 0 amide bonds. The summed E-state index contributed by atoms with van der Waals surface area (Å²) in [4.78, 5) is 0. The lowest BCUT2D eigenvalue weighted by Crippen LogP contribution is -2.00. The molecule has 1 aliphatic heterocycles. The van der Waals surface area contributed by atoms with Crippen LogP contribution in [-0.4, -0.2) is 13.9 Å². The van der Waals surface area contributed by atoms with E-state index in [-0.39, 0.29) is 6.79 Å². The van der Waals surface area contributed by atoms with E-state index in [0.717, 1.165) is 15.7 Å². The van der Waals surface area contributed by atoms with Gasteiger partial charge in [-0.25, -0.2) is 0 Å². The van der Waals surface area contributed by atoms with Crippen molar-refractivity contribution in [3.63, 3.8) is 0 Å². The van der Waals surface area contributed by atoms with Crippen LogP contribution in [0.5, 0.6) is 17.2 Å². The molecule has 110 valence electrons. The predicted molar refractivity (Wildman–Crippen MR) is 85.6 cm³/mol. The second-order valence-corrected chi connectivity index (χ2v) is 5.78. The van der Waals surface area contributed by atoms with Gasteiger partial charge in [0.15, 0.2) is 11.5 Å². The number of ether oxygens (including phenoxy) is 3. The minimum absolute atomic E-state index is 0.229. The molecule has 21 heavy (non-hydrogen) atoms. The number of hydrogen-bond acceptors (Lipinski definition) is 4.